The average Bonchev–Trinajstić information content (AvgIpc) is 3.20. The van der Waals surface area contributed by atoms with E-state index >= 15 is 0 Å². The highest BCUT2D eigenvalue weighted by Crippen LogP contribution is 2.16. The van der Waals surface area contributed by atoms with Crippen molar-refractivity contribution in [3.05, 3.63) is 72.1 Å². The highest BCUT2D eigenvalue weighted by atomic mass is 16.5. The fraction of sp³-hybridized carbons (Fsp3) is 0.143. The van der Waals surface area contributed by atoms with Gasteiger partial charge in [0.25, 0.3) is 5.91 Å². The van der Waals surface area contributed by atoms with Gasteiger partial charge in [-0.05, 0) is 41.1 Å². The number of aryl methyl sites for hydroxylation is 1. The molecule has 1 aromatic heterocycles. The number of hydrogen-bond donors (Lipinski definition) is 0. The van der Waals surface area contributed by atoms with Crippen molar-refractivity contribution in [2.24, 2.45) is 0 Å². The van der Waals surface area contributed by atoms with Gasteiger partial charge in [0.2, 0.25) is 0 Å². The molecule has 0 N–H and O–H groups in total. The van der Waals surface area contributed by atoms with Gasteiger partial charge < -0.3 is 4.74 Å². The second-order valence-corrected chi connectivity index (χ2v) is 6.13. The van der Waals surface area contributed by atoms with Crippen molar-refractivity contribution in [2.75, 3.05) is 18.1 Å². The molecule has 2 aromatic carbocycles. The largest absolute Gasteiger partial charge is 0.451 e. The Labute approximate surface area is 172 Å². The van der Waals surface area contributed by atoms with Crippen LogP contribution in [0.15, 0.2) is 60.7 Å². The van der Waals surface area contributed by atoms with Gasteiger partial charge in [-0.15, -0.1) is 5.10 Å². The van der Waals surface area contributed by atoms with Crippen LogP contribution in [0.5, 0.6) is 0 Å². The number of tetrazole rings is 1. The molecule has 3 rings (SSSR count). The van der Waals surface area contributed by atoms with Crippen molar-refractivity contribution in [3.63, 3.8) is 0 Å². The van der Waals surface area contributed by atoms with Crippen LogP contribution in [0, 0.1) is 18.3 Å². The van der Waals surface area contributed by atoms with Gasteiger partial charge in [-0.3, -0.25) is 9.69 Å². The van der Waals surface area contributed by atoms with Crippen LogP contribution in [0.1, 0.15) is 11.4 Å². The predicted molar refractivity (Wildman–Crippen MR) is 109 cm³/mol. The molecule has 0 spiro atoms. The normalized spacial score (nSPS) is 10.9. The SMILES string of the molecule is Cc1nnnn1/C(=C\c1ccccc1)C(=O)OCC(=O)N(CC#N)c1ccccc1. The Morgan fingerprint density at radius 2 is 1.80 bits per heavy atom. The van der Waals surface area contributed by atoms with Crippen molar-refractivity contribution < 1.29 is 14.3 Å². The first-order chi connectivity index (χ1) is 14.6. The number of rotatable bonds is 7. The fourth-order valence-electron chi connectivity index (χ4n) is 2.65. The molecule has 0 aliphatic heterocycles. The molecule has 0 radical (unpaired) electrons. The molecule has 150 valence electrons. The summed E-state index contributed by atoms with van der Waals surface area (Å²) in [5.74, 6) is -0.910. The van der Waals surface area contributed by atoms with Gasteiger partial charge in [0, 0.05) is 5.69 Å². The standard InChI is InChI=1S/C21H18N6O3/c1-16-23-24-25-27(16)19(14-17-8-4-2-5-9-17)21(29)30-15-20(28)26(13-12-22)18-10-6-3-7-11-18/h2-11,14H,13,15H2,1H3/b19-14-. The van der Waals surface area contributed by atoms with E-state index in [1.807, 2.05) is 36.4 Å². The maximum absolute atomic E-state index is 12.8. The van der Waals surface area contributed by atoms with Crippen LogP contribution < -0.4 is 4.90 Å². The maximum Gasteiger partial charge on any atom is 0.357 e. The topological polar surface area (TPSA) is 114 Å². The summed E-state index contributed by atoms with van der Waals surface area (Å²) in [6.45, 7) is 0.934. The number of carbonyl (C=O) groups is 2. The third-order valence-electron chi connectivity index (χ3n) is 4.09. The Bertz CT molecular complexity index is 1090. The van der Waals surface area contributed by atoms with E-state index < -0.39 is 18.5 Å². The molecule has 0 bridgehead atoms. The molecule has 0 saturated heterocycles. The summed E-state index contributed by atoms with van der Waals surface area (Å²) in [6.07, 6.45) is 1.57. The fourth-order valence-corrected chi connectivity index (χ4v) is 2.65. The van der Waals surface area contributed by atoms with E-state index in [2.05, 4.69) is 15.5 Å². The smallest absolute Gasteiger partial charge is 0.357 e. The van der Waals surface area contributed by atoms with Gasteiger partial charge in [-0.25, -0.2) is 4.79 Å². The number of esters is 1. The summed E-state index contributed by atoms with van der Waals surface area (Å²) >= 11 is 0. The van der Waals surface area contributed by atoms with Gasteiger partial charge >= 0.3 is 5.97 Å². The molecule has 0 unspecified atom stereocenters. The van der Waals surface area contributed by atoms with Gasteiger partial charge in [-0.1, -0.05) is 48.5 Å². The van der Waals surface area contributed by atoms with Crippen molar-refractivity contribution in [2.45, 2.75) is 6.92 Å². The highest BCUT2D eigenvalue weighted by molar-refractivity contribution is 6.15. The minimum absolute atomic E-state index is 0.0584. The van der Waals surface area contributed by atoms with E-state index in [1.54, 1.807) is 43.3 Å². The van der Waals surface area contributed by atoms with Crippen LogP contribution in [-0.2, 0) is 14.3 Å². The monoisotopic (exact) mass is 402 g/mol. The molecular formula is C21H18N6O3. The molecule has 1 heterocycles. The molecule has 0 aliphatic rings. The van der Waals surface area contributed by atoms with Crippen molar-refractivity contribution in [3.8, 4) is 6.07 Å². The molecular weight excluding hydrogens is 384 g/mol. The zero-order valence-corrected chi connectivity index (χ0v) is 16.2. The van der Waals surface area contributed by atoms with Crippen LogP contribution in [0.3, 0.4) is 0 Å². The molecule has 9 heteroatoms. The van der Waals surface area contributed by atoms with Crippen molar-refractivity contribution >= 4 is 29.3 Å². The van der Waals surface area contributed by atoms with Gasteiger partial charge in [0.05, 0.1) is 6.07 Å². The zero-order valence-electron chi connectivity index (χ0n) is 16.2. The number of nitrogens with zero attached hydrogens (tertiary/aromatic N) is 6. The number of anilines is 1. The van der Waals surface area contributed by atoms with E-state index in [-0.39, 0.29) is 12.2 Å². The van der Waals surface area contributed by atoms with E-state index in [0.717, 1.165) is 5.56 Å². The molecule has 1 amide bonds. The van der Waals surface area contributed by atoms with Crippen LogP contribution in [-0.4, -0.2) is 45.2 Å². The summed E-state index contributed by atoms with van der Waals surface area (Å²) in [7, 11) is 0. The lowest BCUT2D eigenvalue weighted by atomic mass is 10.2. The first kappa shape index (κ1) is 20.4. The number of hydrogen-bond acceptors (Lipinski definition) is 7. The average molecular weight is 402 g/mol. The van der Waals surface area contributed by atoms with Crippen LogP contribution >= 0.6 is 0 Å². The van der Waals surface area contributed by atoms with Gasteiger partial charge in [0.1, 0.15) is 6.54 Å². The van der Waals surface area contributed by atoms with E-state index in [1.165, 1.54) is 9.58 Å². The Hall–Kier alpha value is -4.32. The first-order valence-electron chi connectivity index (χ1n) is 9.01. The third-order valence-corrected chi connectivity index (χ3v) is 4.09. The number of aromatic nitrogens is 4. The Morgan fingerprint density at radius 3 is 2.40 bits per heavy atom. The minimum Gasteiger partial charge on any atom is -0.451 e. The van der Waals surface area contributed by atoms with Crippen molar-refractivity contribution in [1.82, 2.24) is 20.2 Å². The molecule has 3 aromatic rings. The number of para-hydroxylation sites is 1. The Balaban J connectivity index is 1.79. The summed E-state index contributed by atoms with van der Waals surface area (Å²) < 4.78 is 6.48. The molecule has 0 aliphatic carbocycles. The predicted octanol–water partition coefficient (Wildman–Crippen LogP) is 2.08. The Morgan fingerprint density at radius 1 is 1.13 bits per heavy atom. The molecule has 0 atom stereocenters. The molecule has 30 heavy (non-hydrogen) atoms. The summed E-state index contributed by atoms with van der Waals surface area (Å²) in [6, 6.07) is 19.7. The first-order valence-corrected chi connectivity index (χ1v) is 9.01. The number of benzene rings is 2. The van der Waals surface area contributed by atoms with E-state index in [9.17, 15) is 9.59 Å². The lowest BCUT2D eigenvalue weighted by molar-refractivity contribution is -0.142. The maximum atomic E-state index is 12.8. The number of amides is 1. The molecule has 0 fully saturated rings. The lowest BCUT2D eigenvalue weighted by Gasteiger charge is -2.19. The summed E-state index contributed by atoms with van der Waals surface area (Å²) in [4.78, 5) is 26.6. The number of ether oxygens (including phenoxy) is 1. The summed E-state index contributed by atoms with van der Waals surface area (Å²) in [5, 5.41) is 20.2. The Kier molecular flexibility index (Phi) is 6.63. The van der Waals surface area contributed by atoms with Crippen molar-refractivity contribution in [1.29, 1.82) is 5.26 Å². The second kappa shape index (κ2) is 9.75. The van der Waals surface area contributed by atoms with Gasteiger partial charge in [-0.2, -0.15) is 9.94 Å². The van der Waals surface area contributed by atoms with Crippen LogP contribution in [0.4, 0.5) is 5.69 Å². The van der Waals surface area contributed by atoms with E-state index in [4.69, 9.17) is 10.00 Å². The second-order valence-electron chi connectivity index (χ2n) is 6.13. The lowest BCUT2D eigenvalue weighted by Crippen LogP contribution is -2.35. The molecule has 9 nitrogen and oxygen atoms in total. The number of carbonyl (C=O) groups excluding carboxylic acids is 2. The zero-order chi connectivity index (χ0) is 21.3. The quantitative estimate of drug-likeness (QED) is 0.338. The highest BCUT2D eigenvalue weighted by Gasteiger charge is 2.21. The third kappa shape index (κ3) is 4.94. The van der Waals surface area contributed by atoms with Crippen LogP contribution in [0.2, 0.25) is 0 Å². The number of nitriles is 1. The van der Waals surface area contributed by atoms with E-state index in [0.29, 0.717) is 11.5 Å². The molecule has 0 saturated carbocycles. The summed E-state index contributed by atoms with van der Waals surface area (Å²) in [5.41, 5.74) is 1.33. The van der Waals surface area contributed by atoms with Crippen LogP contribution in [0.25, 0.3) is 11.8 Å². The minimum atomic E-state index is -0.771. The van der Waals surface area contributed by atoms with Gasteiger partial charge in [0.15, 0.2) is 18.1 Å².